The van der Waals surface area contributed by atoms with E-state index in [1.165, 1.54) is 37.4 Å². The molecule has 20 heavy (non-hydrogen) atoms. The molecule has 0 radical (unpaired) electrons. The smallest absolute Gasteiger partial charge is 0.244 e. The highest BCUT2D eigenvalue weighted by atomic mass is 32.2. The quantitative estimate of drug-likeness (QED) is 0.866. The average Bonchev–Trinajstić information content (AvgIpc) is 2.42. The third-order valence-corrected chi connectivity index (χ3v) is 5.47. The Kier molecular flexibility index (Phi) is 4.62. The van der Waals surface area contributed by atoms with E-state index in [-0.39, 0.29) is 17.0 Å². The van der Waals surface area contributed by atoms with Crippen LogP contribution in [0, 0.1) is 0 Å². The Hall–Kier alpha value is -1.18. The molecule has 1 aromatic heterocycles. The molecule has 2 rings (SSSR count). The first kappa shape index (κ1) is 15.2. The van der Waals surface area contributed by atoms with E-state index in [4.69, 9.17) is 5.73 Å². The lowest BCUT2D eigenvalue weighted by Crippen LogP contribution is -2.42. The number of pyridine rings is 1. The molecule has 0 aromatic carbocycles. The third-order valence-electron chi connectivity index (χ3n) is 3.67. The van der Waals surface area contributed by atoms with Crippen LogP contribution >= 0.6 is 0 Å². The molecule has 1 heterocycles. The van der Waals surface area contributed by atoms with Crippen molar-refractivity contribution in [3.63, 3.8) is 0 Å². The number of nitrogens with zero attached hydrogens (tertiary/aromatic N) is 2. The van der Waals surface area contributed by atoms with Crippen LogP contribution in [0.5, 0.6) is 0 Å². The summed E-state index contributed by atoms with van der Waals surface area (Å²) in [5, 5.41) is 3.29. The summed E-state index contributed by atoms with van der Waals surface area (Å²) in [6.45, 7) is 0. The summed E-state index contributed by atoms with van der Waals surface area (Å²) < 4.78 is 25.0. The van der Waals surface area contributed by atoms with Crippen molar-refractivity contribution >= 4 is 15.8 Å². The molecule has 0 aliphatic heterocycles. The van der Waals surface area contributed by atoms with Crippen molar-refractivity contribution in [2.75, 3.05) is 19.4 Å². The maximum absolute atomic E-state index is 11.9. The first-order valence-electron chi connectivity index (χ1n) is 6.82. The zero-order chi connectivity index (χ0) is 14.8. The second-order valence-electron chi connectivity index (χ2n) is 5.37. The molecule has 1 aliphatic carbocycles. The lowest BCUT2D eigenvalue weighted by Gasteiger charge is -2.29. The largest absolute Gasteiger partial charge is 0.366 e. The van der Waals surface area contributed by atoms with Crippen molar-refractivity contribution in [2.45, 2.75) is 42.7 Å². The molecule has 6 nitrogen and oxygen atoms in total. The van der Waals surface area contributed by atoms with Crippen LogP contribution in [0.15, 0.2) is 23.2 Å². The van der Waals surface area contributed by atoms with Crippen molar-refractivity contribution in [1.29, 1.82) is 0 Å². The number of anilines is 1. The molecule has 112 valence electrons. The van der Waals surface area contributed by atoms with Gasteiger partial charge in [0.05, 0.1) is 0 Å². The summed E-state index contributed by atoms with van der Waals surface area (Å²) >= 11 is 0. The van der Waals surface area contributed by atoms with E-state index >= 15 is 0 Å². The van der Waals surface area contributed by atoms with Gasteiger partial charge in [-0.2, -0.15) is 0 Å². The summed E-state index contributed by atoms with van der Waals surface area (Å²) in [6.07, 6.45) is 5.77. The topological polar surface area (TPSA) is 88.3 Å². The van der Waals surface area contributed by atoms with E-state index in [0.29, 0.717) is 5.82 Å². The number of hydrogen-bond acceptors (Lipinski definition) is 5. The Bertz CT molecular complexity index is 542. The van der Waals surface area contributed by atoms with Gasteiger partial charge in [-0.05, 0) is 25.0 Å². The molecule has 1 saturated carbocycles. The van der Waals surface area contributed by atoms with Gasteiger partial charge in [-0.25, -0.2) is 17.7 Å². The highest BCUT2D eigenvalue weighted by Gasteiger charge is 2.22. The Balaban J connectivity index is 2.09. The summed E-state index contributed by atoms with van der Waals surface area (Å²) in [5.41, 5.74) is 6.07. The number of aromatic nitrogens is 1. The standard InChI is InChI=1S/C13H22N4O2S/c1-17(2)20(18,19)10-7-8-13(15-9-10)16-12-6-4-3-5-11(12)14/h7-9,11-12H,3-6,14H2,1-2H3,(H,15,16)/t11-,12-/m1/s1. The van der Waals surface area contributed by atoms with Crippen molar-refractivity contribution in [2.24, 2.45) is 5.73 Å². The first-order valence-corrected chi connectivity index (χ1v) is 8.26. The zero-order valence-electron chi connectivity index (χ0n) is 11.9. The van der Waals surface area contributed by atoms with E-state index in [1.54, 1.807) is 12.1 Å². The maximum atomic E-state index is 11.9. The Morgan fingerprint density at radius 1 is 1.30 bits per heavy atom. The van der Waals surface area contributed by atoms with Crippen LogP contribution in [-0.4, -0.2) is 43.9 Å². The summed E-state index contributed by atoms with van der Waals surface area (Å²) in [7, 11) is -0.414. The fourth-order valence-electron chi connectivity index (χ4n) is 2.36. The van der Waals surface area contributed by atoms with Crippen LogP contribution in [0.4, 0.5) is 5.82 Å². The van der Waals surface area contributed by atoms with Gasteiger partial charge in [0.2, 0.25) is 10.0 Å². The van der Waals surface area contributed by atoms with Crippen LogP contribution in [-0.2, 0) is 10.0 Å². The summed E-state index contributed by atoms with van der Waals surface area (Å²) in [5.74, 6) is 0.671. The Morgan fingerprint density at radius 2 is 2.00 bits per heavy atom. The first-order chi connectivity index (χ1) is 9.41. The molecule has 0 spiro atoms. The van der Waals surface area contributed by atoms with Crippen molar-refractivity contribution in [1.82, 2.24) is 9.29 Å². The Morgan fingerprint density at radius 3 is 2.55 bits per heavy atom. The lowest BCUT2D eigenvalue weighted by atomic mass is 9.91. The van der Waals surface area contributed by atoms with Crippen molar-refractivity contribution < 1.29 is 8.42 Å². The zero-order valence-corrected chi connectivity index (χ0v) is 12.7. The van der Waals surface area contributed by atoms with Gasteiger partial charge in [-0.1, -0.05) is 12.8 Å². The predicted octanol–water partition coefficient (Wildman–Crippen LogP) is 1.01. The monoisotopic (exact) mass is 298 g/mol. The molecule has 0 unspecified atom stereocenters. The molecule has 0 bridgehead atoms. The minimum absolute atomic E-state index is 0.135. The maximum Gasteiger partial charge on any atom is 0.244 e. The van der Waals surface area contributed by atoms with Crippen LogP contribution < -0.4 is 11.1 Å². The minimum Gasteiger partial charge on any atom is -0.366 e. The second kappa shape index (κ2) is 6.07. The van der Waals surface area contributed by atoms with Crippen LogP contribution in [0.3, 0.4) is 0 Å². The van der Waals surface area contributed by atoms with Crippen molar-refractivity contribution in [3.8, 4) is 0 Å². The predicted molar refractivity (Wildman–Crippen MR) is 79.0 cm³/mol. The van der Waals surface area contributed by atoms with Gasteiger partial charge < -0.3 is 11.1 Å². The third kappa shape index (κ3) is 3.28. The highest BCUT2D eigenvalue weighted by Crippen LogP contribution is 2.21. The number of rotatable bonds is 4. The van der Waals surface area contributed by atoms with Crippen LogP contribution in [0.1, 0.15) is 25.7 Å². The molecular weight excluding hydrogens is 276 g/mol. The SMILES string of the molecule is CN(C)S(=O)(=O)c1ccc(N[C@@H]2CCCC[C@H]2N)nc1. The molecule has 0 amide bonds. The number of nitrogens with two attached hydrogens (primary N) is 1. The van der Waals surface area contributed by atoms with E-state index in [9.17, 15) is 8.42 Å². The molecule has 0 saturated heterocycles. The molecule has 2 atom stereocenters. The Labute approximate surface area is 120 Å². The molecule has 1 fully saturated rings. The minimum atomic E-state index is -3.42. The van der Waals surface area contributed by atoms with E-state index < -0.39 is 10.0 Å². The van der Waals surface area contributed by atoms with Gasteiger partial charge in [0.15, 0.2) is 0 Å². The van der Waals surface area contributed by atoms with Gasteiger partial charge in [-0.15, -0.1) is 0 Å². The van der Waals surface area contributed by atoms with Gasteiger partial charge >= 0.3 is 0 Å². The van der Waals surface area contributed by atoms with E-state index in [0.717, 1.165) is 12.8 Å². The number of nitrogens with one attached hydrogen (secondary N) is 1. The summed E-state index contributed by atoms with van der Waals surface area (Å²) in [4.78, 5) is 4.38. The van der Waals surface area contributed by atoms with Gasteiger partial charge in [0.1, 0.15) is 10.7 Å². The fraction of sp³-hybridized carbons (Fsp3) is 0.615. The molecule has 7 heteroatoms. The summed E-state index contributed by atoms with van der Waals surface area (Å²) in [6, 6.07) is 3.61. The average molecular weight is 298 g/mol. The number of sulfonamides is 1. The van der Waals surface area contributed by atoms with E-state index in [1.807, 2.05) is 0 Å². The molecule has 1 aromatic rings. The van der Waals surface area contributed by atoms with Crippen LogP contribution in [0.2, 0.25) is 0 Å². The molecule has 3 N–H and O–H groups in total. The van der Waals surface area contributed by atoms with Gasteiger partial charge in [0.25, 0.3) is 0 Å². The fourth-order valence-corrected chi connectivity index (χ4v) is 3.21. The van der Waals surface area contributed by atoms with E-state index in [2.05, 4.69) is 10.3 Å². The van der Waals surface area contributed by atoms with Crippen LogP contribution in [0.25, 0.3) is 0 Å². The lowest BCUT2D eigenvalue weighted by molar-refractivity contribution is 0.403. The van der Waals surface area contributed by atoms with Crippen molar-refractivity contribution in [3.05, 3.63) is 18.3 Å². The second-order valence-corrected chi connectivity index (χ2v) is 7.52. The van der Waals surface area contributed by atoms with Gasteiger partial charge in [0, 0.05) is 32.4 Å². The molecular formula is C13H22N4O2S. The number of hydrogen-bond donors (Lipinski definition) is 2. The molecule has 1 aliphatic rings. The highest BCUT2D eigenvalue weighted by molar-refractivity contribution is 7.89. The van der Waals surface area contributed by atoms with Gasteiger partial charge in [-0.3, -0.25) is 0 Å². The normalized spacial score (nSPS) is 23.8.